The third-order valence-electron chi connectivity index (χ3n) is 4.72. The lowest BCUT2D eigenvalue weighted by Crippen LogP contribution is -2.39. The van der Waals surface area contributed by atoms with Gasteiger partial charge in [-0.05, 0) is 38.0 Å². The molecular formula is C20H23NO6. The topological polar surface area (TPSA) is 112 Å². The minimum Gasteiger partial charge on any atom is -0.464 e. The van der Waals surface area contributed by atoms with Gasteiger partial charge in [-0.15, -0.1) is 0 Å². The third-order valence-corrected chi connectivity index (χ3v) is 4.72. The predicted octanol–water partition coefficient (Wildman–Crippen LogP) is 2.03. The second kappa shape index (κ2) is 8.37. The first-order valence-electron chi connectivity index (χ1n) is 8.98. The highest BCUT2D eigenvalue weighted by molar-refractivity contribution is 5.90. The molecule has 3 rings (SSSR count). The highest BCUT2D eigenvalue weighted by Gasteiger charge is 2.38. The molecule has 27 heavy (non-hydrogen) atoms. The van der Waals surface area contributed by atoms with E-state index in [9.17, 15) is 14.7 Å². The summed E-state index contributed by atoms with van der Waals surface area (Å²) in [5.41, 5.74) is 6.13. The number of benzene rings is 1. The average Bonchev–Trinajstić information content (AvgIpc) is 2.67. The van der Waals surface area contributed by atoms with Gasteiger partial charge in [0, 0.05) is 30.6 Å². The van der Waals surface area contributed by atoms with Crippen LogP contribution in [0.1, 0.15) is 31.2 Å². The fraction of sp³-hybridized carbons (Fsp3) is 0.400. The molecule has 3 atom stereocenters. The van der Waals surface area contributed by atoms with E-state index in [0.29, 0.717) is 36.0 Å². The number of primary amides is 1. The molecule has 1 aromatic carbocycles. The van der Waals surface area contributed by atoms with Crippen LogP contribution in [0, 0.1) is 5.92 Å². The van der Waals surface area contributed by atoms with Gasteiger partial charge in [-0.2, -0.15) is 0 Å². The fourth-order valence-corrected chi connectivity index (χ4v) is 3.46. The Morgan fingerprint density at radius 2 is 2.11 bits per heavy atom. The molecule has 0 saturated carbocycles. The minimum atomic E-state index is -0.745. The van der Waals surface area contributed by atoms with Gasteiger partial charge in [0.1, 0.15) is 5.58 Å². The summed E-state index contributed by atoms with van der Waals surface area (Å²) in [6, 6.07) is 6.98. The predicted molar refractivity (Wildman–Crippen MR) is 98.8 cm³/mol. The van der Waals surface area contributed by atoms with Crippen molar-refractivity contribution in [2.45, 2.75) is 32.0 Å². The Kier molecular flexibility index (Phi) is 5.93. The Bertz CT molecular complexity index is 903. The summed E-state index contributed by atoms with van der Waals surface area (Å²) in [5, 5.41) is 9.72. The molecule has 1 aliphatic rings. The summed E-state index contributed by atoms with van der Waals surface area (Å²) in [7, 11) is 0. The molecule has 1 aromatic heterocycles. The van der Waals surface area contributed by atoms with Crippen molar-refractivity contribution in [3.05, 3.63) is 58.2 Å². The highest BCUT2D eigenvalue weighted by Crippen LogP contribution is 2.38. The number of amides is 1. The van der Waals surface area contributed by atoms with Crippen LogP contribution in [-0.2, 0) is 14.3 Å². The molecular weight excluding hydrogens is 350 g/mol. The zero-order valence-electron chi connectivity index (χ0n) is 15.1. The number of aliphatic hydroxyl groups is 1. The van der Waals surface area contributed by atoms with Gasteiger partial charge in [0.05, 0.1) is 11.6 Å². The molecule has 0 spiro atoms. The van der Waals surface area contributed by atoms with Crippen LogP contribution in [0.4, 0.5) is 0 Å². The van der Waals surface area contributed by atoms with Crippen LogP contribution in [0.3, 0.4) is 0 Å². The number of nitrogens with two attached hydrogens (primary N) is 1. The first-order valence-corrected chi connectivity index (χ1v) is 8.98. The van der Waals surface area contributed by atoms with Crippen molar-refractivity contribution in [2.75, 3.05) is 13.2 Å². The van der Waals surface area contributed by atoms with Crippen LogP contribution in [-0.4, -0.2) is 30.5 Å². The van der Waals surface area contributed by atoms with E-state index in [0.717, 1.165) is 0 Å². The lowest BCUT2D eigenvalue weighted by atomic mass is 9.81. The number of hydrogen-bond acceptors (Lipinski definition) is 6. The normalized spacial score (nSPS) is 22.3. The molecule has 7 nitrogen and oxygen atoms in total. The quantitative estimate of drug-likeness (QED) is 0.768. The molecule has 0 radical (unpaired) electrons. The first kappa shape index (κ1) is 19.1. The summed E-state index contributed by atoms with van der Waals surface area (Å²) in [5.74, 6) is -1.52. The van der Waals surface area contributed by atoms with Crippen molar-refractivity contribution in [1.82, 2.24) is 0 Å². The lowest BCUT2D eigenvalue weighted by Gasteiger charge is -2.36. The number of carbonyl (C=O) groups excluding carboxylic acids is 1. The zero-order valence-corrected chi connectivity index (χ0v) is 15.1. The Morgan fingerprint density at radius 1 is 1.33 bits per heavy atom. The van der Waals surface area contributed by atoms with Crippen molar-refractivity contribution in [3.63, 3.8) is 0 Å². The third kappa shape index (κ3) is 3.89. The Morgan fingerprint density at radius 3 is 2.81 bits per heavy atom. The number of fused-ring (bicyclic) bond motifs is 1. The van der Waals surface area contributed by atoms with E-state index in [4.69, 9.17) is 19.6 Å². The van der Waals surface area contributed by atoms with E-state index in [2.05, 4.69) is 0 Å². The second-order valence-corrected chi connectivity index (χ2v) is 6.41. The van der Waals surface area contributed by atoms with Crippen LogP contribution in [0.5, 0.6) is 0 Å². The van der Waals surface area contributed by atoms with E-state index in [1.807, 2.05) is 6.92 Å². The number of ether oxygens (including phenoxy) is 2. The summed E-state index contributed by atoms with van der Waals surface area (Å²) in [6.07, 6.45) is 3.28. The van der Waals surface area contributed by atoms with Crippen molar-refractivity contribution in [3.8, 4) is 0 Å². The van der Waals surface area contributed by atoms with Gasteiger partial charge in [-0.3, -0.25) is 9.59 Å². The molecule has 0 bridgehead atoms. The zero-order chi connectivity index (χ0) is 19.4. The highest BCUT2D eigenvalue weighted by atomic mass is 16.7. The van der Waals surface area contributed by atoms with Crippen molar-refractivity contribution >= 4 is 16.9 Å². The summed E-state index contributed by atoms with van der Waals surface area (Å²) in [6.45, 7) is 2.18. The fourth-order valence-electron chi connectivity index (χ4n) is 3.46. The van der Waals surface area contributed by atoms with Gasteiger partial charge in [0.15, 0.2) is 11.2 Å². The largest absolute Gasteiger partial charge is 0.464 e. The molecule has 144 valence electrons. The van der Waals surface area contributed by atoms with Gasteiger partial charge in [-0.25, -0.2) is 0 Å². The number of para-hydroxylation sites is 1. The van der Waals surface area contributed by atoms with E-state index < -0.39 is 18.1 Å². The van der Waals surface area contributed by atoms with E-state index in [1.54, 1.807) is 30.3 Å². The van der Waals surface area contributed by atoms with Gasteiger partial charge in [0.25, 0.3) is 5.91 Å². The van der Waals surface area contributed by atoms with Gasteiger partial charge < -0.3 is 24.7 Å². The molecule has 0 aliphatic carbocycles. The standard InChI is InChI=1S/C20H23NO6/c1-2-25-20-12(7-5-9-22)14(10-17(27-20)19(21)24)15-11-26-16-8-4-3-6-13(16)18(15)23/h3-4,6,8,10-12,14,20,22H,2,5,7,9H2,1H3,(H2,21,24)/t12-,14+,20-/m1/s1. The Labute approximate surface area is 156 Å². The monoisotopic (exact) mass is 373 g/mol. The van der Waals surface area contributed by atoms with Crippen LogP contribution >= 0.6 is 0 Å². The first-order chi connectivity index (χ1) is 13.1. The summed E-state index contributed by atoms with van der Waals surface area (Å²) in [4.78, 5) is 24.8. The summed E-state index contributed by atoms with van der Waals surface area (Å²) >= 11 is 0. The van der Waals surface area contributed by atoms with E-state index >= 15 is 0 Å². The maximum atomic E-state index is 13.1. The molecule has 0 saturated heterocycles. The molecule has 0 unspecified atom stereocenters. The van der Waals surface area contributed by atoms with Crippen LogP contribution < -0.4 is 11.2 Å². The Hall–Kier alpha value is -2.64. The molecule has 2 aromatic rings. The number of hydrogen-bond donors (Lipinski definition) is 2. The summed E-state index contributed by atoms with van der Waals surface area (Å²) < 4.78 is 16.9. The van der Waals surface area contributed by atoms with Gasteiger partial charge in [-0.1, -0.05) is 12.1 Å². The number of carbonyl (C=O) groups is 1. The average molecular weight is 373 g/mol. The maximum absolute atomic E-state index is 13.1. The number of allylic oxidation sites excluding steroid dienone is 1. The molecule has 3 N–H and O–H groups in total. The molecule has 1 aliphatic heterocycles. The molecule has 0 fully saturated rings. The van der Waals surface area contributed by atoms with Crippen molar-refractivity contribution < 1.29 is 23.8 Å². The van der Waals surface area contributed by atoms with Crippen LogP contribution in [0.2, 0.25) is 0 Å². The van der Waals surface area contributed by atoms with Crippen LogP contribution in [0.15, 0.2) is 51.6 Å². The molecule has 1 amide bonds. The molecule has 2 heterocycles. The SMILES string of the molecule is CCO[C@@H]1OC(C(N)=O)=C[C@H](c2coc3ccccc3c2=O)[C@H]1CCCO. The number of rotatable bonds is 7. The van der Waals surface area contributed by atoms with Gasteiger partial charge in [0.2, 0.25) is 6.29 Å². The number of aliphatic hydroxyl groups excluding tert-OH is 1. The van der Waals surface area contributed by atoms with E-state index in [1.165, 1.54) is 6.26 Å². The van der Waals surface area contributed by atoms with Crippen molar-refractivity contribution in [1.29, 1.82) is 0 Å². The second-order valence-electron chi connectivity index (χ2n) is 6.41. The van der Waals surface area contributed by atoms with Crippen molar-refractivity contribution in [2.24, 2.45) is 11.7 Å². The van der Waals surface area contributed by atoms with Gasteiger partial charge >= 0.3 is 0 Å². The Balaban J connectivity index is 2.12. The minimum absolute atomic E-state index is 0.000777. The lowest BCUT2D eigenvalue weighted by molar-refractivity contribution is -0.165. The molecule has 7 heteroatoms. The van der Waals surface area contributed by atoms with Crippen LogP contribution in [0.25, 0.3) is 11.0 Å². The maximum Gasteiger partial charge on any atom is 0.283 e. The van der Waals surface area contributed by atoms with E-state index in [-0.39, 0.29) is 23.7 Å². The smallest absolute Gasteiger partial charge is 0.283 e.